The van der Waals surface area contributed by atoms with E-state index in [4.69, 9.17) is 10.4 Å². The Hall–Kier alpha value is -2.75. The number of rotatable bonds is 5. The molecule has 0 amide bonds. The van der Waals surface area contributed by atoms with Gasteiger partial charge in [-0.2, -0.15) is 4.98 Å². The van der Waals surface area contributed by atoms with Crippen molar-refractivity contribution >= 4 is 17.3 Å². The van der Waals surface area contributed by atoms with Crippen molar-refractivity contribution < 1.29 is 9.45 Å². The zero-order chi connectivity index (χ0) is 13.8. The number of anilines is 2. The zero-order valence-corrected chi connectivity index (χ0v) is 9.95. The molecule has 0 saturated carbocycles. The van der Waals surface area contributed by atoms with E-state index in [9.17, 15) is 10.1 Å². The summed E-state index contributed by atoms with van der Waals surface area (Å²) in [5.74, 6) is 6.37. The number of hydrogen-bond acceptors (Lipinski definition) is 9. The lowest BCUT2D eigenvalue weighted by atomic mass is 10.3. The molecule has 0 aliphatic carbocycles. The molecule has 19 heavy (non-hydrogen) atoms. The highest BCUT2D eigenvalue weighted by atomic mass is 16.6. The van der Waals surface area contributed by atoms with Gasteiger partial charge in [0.2, 0.25) is 11.7 Å². The molecule has 4 N–H and O–H groups in total. The summed E-state index contributed by atoms with van der Waals surface area (Å²) in [7, 11) is 0. The highest BCUT2D eigenvalue weighted by molar-refractivity contribution is 5.59. The van der Waals surface area contributed by atoms with Gasteiger partial charge in [-0.15, -0.1) is 0 Å². The Balaban J connectivity index is 2.19. The molecule has 10 nitrogen and oxygen atoms in total. The molecular formula is C9H11N7O3. The minimum Gasteiger partial charge on any atom is -0.357 e. The molecule has 0 spiro atoms. The van der Waals surface area contributed by atoms with Crippen molar-refractivity contribution in [2.75, 3.05) is 10.7 Å². The predicted octanol–water partition coefficient (Wildman–Crippen LogP) is 0.579. The smallest absolute Gasteiger partial charge is 0.311 e. The molecule has 0 bridgehead atoms. The van der Waals surface area contributed by atoms with E-state index in [1.807, 2.05) is 0 Å². The summed E-state index contributed by atoms with van der Waals surface area (Å²) < 4.78 is 4.79. The molecule has 0 aliphatic heterocycles. The first kappa shape index (κ1) is 12.7. The van der Waals surface area contributed by atoms with Gasteiger partial charge in [0.1, 0.15) is 5.82 Å². The van der Waals surface area contributed by atoms with Crippen LogP contribution in [0.1, 0.15) is 11.7 Å². The van der Waals surface area contributed by atoms with E-state index in [0.29, 0.717) is 17.5 Å². The topological polar surface area (TPSA) is 145 Å². The number of pyridine rings is 1. The molecule has 2 heterocycles. The van der Waals surface area contributed by atoms with Gasteiger partial charge in [0, 0.05) is 13.0 Å². The van der Waals surface area contributed by atoms with Crippen molar-refractivity contribution in [3.8, 4) is 0 Å². The van der Waals surface area contributed by atoms with Crippen LogP contribution in [0.25, 0.3) is 0 Å². The number of aromatic nitrogens is 3. The lowest BCUT2D eigenvalue weighted by molar-refractivity contribution is -0.384. The van der Waals surface area contributed by atoms with Gasteiger partial charge in [-0.1, -0.05) is 5.16 Å². The van der Waals surface area contributed by atoms with Crippen LogP contribution in [-0.4, -0.2) is 20.0 Å². The number of hydrazine groups is 1. The second-order valence-corrected chi connectivity index (χ2v) is 3.55. The highest BCUT2D eigenvalue weighted by Gasteiger charge is 2.16. The van der Waals surface area contributed by atoms with Crippen molar-refractivity contribution in [2.45, 2.75) is 13.5 Å². The van der Waals surface area contributed by atoms with Crippen molar-refractivity contribution in [1.29, 1.82) is 0 Å². The largest absolute Gasteiger partial charge is 0.357 e. The Morgan fingerprint density at radius 2 is 2.26 bits per heavy atom. The molecule has 0 saturated heterocycles. The van der Waals surface area contributed by atoms with Crippen LogP contribution in [0.2, 0.25) is 0 Å². The van der Waals surface area contributed by atoms with Crippen LogP contribution in [0.5, 0.6) is 0 Å². The van der Waals surface area contributed by atoms with Gasteiger partial charge in [0.15, 0.2) is 5.82 Å². The van der Waals surface area contributed by atoms with Crippen LogP contribution in [-0.2, 0) is 6.54 Å². The van der Waals surface area contributed by atoms with Gasteiger partial charge in [-0.05, 0) is 6.07 Å². The third kappa shape index (κ3) is 2.93. The van der Waals surface area contributed by atoms with Crippen molar-refractivity contribution in [3.63, 3.8) is 0 Å². The third-order valence-corrected chi connectivity index (χ3v) is 2.20. The lowest BCUT2D eigenvalue weighted by Gasteiger charge is -2.05. The Morgan fingerprint density at radius 1 is 1.47 bits per heavy atom. The van der Waals surface area contributed by atoms with E-state index in [1.54, 1.807) is 6.92 Å². The number of nitro groups is 1. The van der Waals surface area contributed by atoms with Gasteiger partial charge in [0.05, 0.1) is 11.5 Å². The quantitative estimate of drug-likeness (QED) is 0.401. The van der Waals surface area contributed by atoms with E-state index >= 15 is 0 Å². The molecular weight excluding hydrogens is 254 g/mol. The molecule has 0 atom stereocenters. The molecule has 0 aliphatic rings. The summed E-state index contributed by atoms with van der Waals surface area (Å²) in [6, 6.07) is 2.70. The average Bonchev–Trinajstić information content (AvgIpc) is 2.81. The molecule has 100 valence electrons. The predicted molar refractivity (Wildman–Crippen MR) is 65.1 cm³/mol. The summed E-state index contributed by atoms with van der Waals surface area (Å²) >= 11 is 0. The number of aryl methyl sites for hydroxylation is 1. The molecule has 0 unspecified atom stereocenters. The highest BCUT2D eigenvalue weighted by Crippen LogP contribution is 2.23. The maximum atomic E-state index is 10.9. The standard InChI is InChI=1S/C9H11N7O3/c1-5-12-8(15-19-5)4-11-9-6(16(17)18)2-3-7(13-9)14-10/h2-3H,4,10H2,1H3,(H2,11,13,14). The second kappa shape index (κ2) is 5.27. The number of nitrogens with zero attached hydrogens (tertiary/aromatic N) is 4. The Kier molecular flexibility index (Phi) is 3.52. The summed E-state index contributed by atoms with van der Waals surface area (Å²) in [6.45, 7) is 1.80. The van der Waals surface area contributed by atoms with Crippen LogP contribution in [0, 0.1) is 17.0 Å². The Bertz CT molecular complexity index is 597. The monoisotopic (exact) mass is 265 g/mol. The number of nitrogen functional groups attached to an aromatic ring is 1. The first-order chi connectivity index (χ1) is 9.10. The van der Waals surface area contributed by atoms with E-state index in [-0.39, 0.29) is 18.1 Å². The summed E-state index contributed by atoms with van der Waals surface area (Å²) in [6.07, 6.45) is 0. The number of hydrogen-bond donors (Lipinski definition) is 3. The average molecular weight is 265 g/mol. The molecule has 0 aromatic carbocycles. The summed E-state index contributed by atoms with van der Waals surface area (Å²) in [5, 5.41) is 17.3. The minimum absolute atomic E-state index is 0.0721. The second-order valence-electron chi connectivity index (χ2n) is 3.55. The SMILES string of the molecule is Cc1nc(CNc2nc(NN)ccc2[N+](=O)[O-])no1. The van der Waals surface area contributed by atoms with Gasteiger partial charge in [-0.3, -0.25) is 10.1 Å². The zero-order valence-electron chi connectivity index (χ0n) is 9.95. The molecule has 2 aromatic rings. The van der Waals surface area contributed by atoms with Gasteiger partial charge in [0.25, 0.3) is 0 Å². The fourth-order valence-electron chi connectivity index (χ4n) is 1.39. The third-order valence-electron chi connectivity index (χ3n) is 2.20. The Labute approximate surface area is 107 Å². The molecule has 2 rings (SSSR count). The fraction of sp³-hybridized carbons (Fsp3) is 0.222. The number of nitrogens with one attached hydrogen (secondary N) is 2. The summed E-state index contributed by atoms with van der Waals surface area (Å²) in [4.78, 5) is 18.2. The molecule has 0 radical (unpaired) electrons. The van der Waals surface area contributed by atoms with Crippen molar-refractivity contribution in [1.82, 2.24) is 15.1 Å². The lowest BCUT2D eigenvalue weighted by Crippen LogP contribution is -2.11. The minimum atomic E-state index is -0.545. The van der Waals surface area contributed by atoms with Crippen molar-refractivity contribution in [3.05, 3.63) is 34.0 Å². The Morgan fingerprint density at radius 3 is 2.84 bits per heavy atom. The first-order valence-electron chi connectivity index (χ1n) is 5.25. The maximum Gasteiger partial charge on any atom is 0.311 e. The van der Waals surface area contributed by atoms with E-state index in [2.05, 4.69) is 25.9 Å². The van der Waals surface area contributed by atoms with E-state index in [1.165, 1.54) is 12.1 Å². The normalized spacial score (nSPS) is 10.2. The van der Waals surface area contributed by atoms with Crippen LogP contribution in [0.15, 0.2) is 16.7 Å². The first-order valence-corrected chi connectivity index (χ1v) is 5.25. The fourth-order valence-corrected chi connectivity index (χ4v) is 1.39. The van der Waals surface area contributed by atoms with Gasteiger partial charge >= 0.3 is 5.69 Å². The summed E-state index contributed by atoms with van der Waals surface area (Å²) in [5.41, 5.74) is 2.14. The molecule has 2 aromatic heterocycles. The maximum absolute atomic E-state index is 10.9. The van der Waals surface area contributed by atoms with Crippen LogP contribution < -0.4 is 16.6 Å². The van der Waals surface area contributed by atoms with Gasteiger partial charge in [-0.25, -0.2) is 10.8 Å². The van der Waals surface area contributed by atoms with Crippen LogP contribution in [0.3, 0.4) is 0 Å². The number of nitrogens with two attached hydrogens (primary N) is 1. The van der Waals surface area contributed by atoms with Gasteiger partial charge < -0.3 is 15.3 Å². The molecule has 10 heteroatoms. The van der Waals surface area contributed by atoms with Crippen molar-refractivity contribution in [2.24, 2.45) is 5.84 Å². The molecule has 0 fully saturated rings. The van der Waals surface area contributed by atoms with E-state index in [0.717, 1.165) is 0 Å². The van der Waals surface area contributed by atoms with Crippen LogP contribution in [0.4, 0.5) is 17.3 Å². The van der Waals surface area contributed by atoms with Crippen LogP contribution >= 0.6 is 0 Å². The van der Waals surface area contributed by atoms with E-state index < -0.39 is 4.92 Å².